The molecule has 0 saturated heterocycles. The molecule has 1 N–H and O–H groups in total. The first-order valence-electron chi connectivity index (χ1n) is 9.10. The van der Waals surface area contributed by atoms with Crippen molar-refractivity contribution in [3.63, 3.8) is 0 Å². The number of aromatic amines is 1. The molecule has 3 heterocycles. The quantitative estimate of drug-likeness (QED) is 0.434. The predicted molar refractivity (Wildman–Crippen MR) is 107 cm³/mol. The largest absolute Gasteiger partial charge is 0.416 e. The molecule has 7 heteroatoms. The van der Waals surface area contributed by atoms with Gasteiger partial charge < -0.3 is 4.98 Å². The summed E-state index contributed by atoms with van der Waals surface area (Å²) in [6, 6.07) is 11.2. The summed E-state index contributed by atoms with van der Waals surface area (Å²) in [6.07, 6.45) is 2.74. The molecule has 0 bridgehead atoms. The highest BCUT2D eigenvalue weighted by Gasteiger charge is 2.30. The van der Waals surface area contributed by atoms with Crippen LogP contribution < -0.4 is 0 Å². The summed E-state index contributed by atoms with van der Waals surface area (Å²) >= 11 is 6.07. The zero-order valence-corrected chi connectivity index (χ0v) is 16.1. The van der Waals surface area contributed by atoms with Crippen molar-refractivity contribution >= 4 is 22.6 Å². The van der Waals surface area contributed by atoms with Gasteiger partial charge in [0.05, 0.1) is 5.56 Å². The van der Waals surface area contributed by atoms with Crippen LogP contribution in [0.3, 0.4) is 0 Å². The SMILES string of the molecule is FC(F)(F)c1ccc(Cl)c(CCc2ccc(Cc3c[nH]c4ncccc34)cn2)c1. The molecule has 0 amide bonds. The molecular weight excluding hydrogens is 399 g/mol. The van der Waals surface area contributed by atoms with Crippen molar-refractivity contribution in [2.24, 2.45) is 0 Å². The second kappa shape index (κ2) is 7.87. The molecule has 4 aromatic rings. The number of rotatable bonds is 5. The molecule has 0 aliphatic rings. The smallest absolute Gasteiger partial charge is 0.346 e. The van der Waals surface area contributed by atoms with Crippen molar-refractivity contribution in [3.8, 4) is 0 Å². The Labute approximate surface area is 170 Å². The fourth-order valence-electron chi connectivity index (χ4n) is 3.29. The van der Waals surface area contributed by atoms with Crippen molar-refractivity contribution in [3.05, 3.63) is 94.0 Å². The normalized spacial score (nSPS) is 11.9. The summed E-state index contributed by atoms with van der Waals surface area (Å²) in [5.74, 6) is 0. The van der Waals surface area contributed by atoms with Gasteiger partial charge in [-0.2, -0.15) is 13.2 Å². The Morgan fingerprint density at radius 2 is 1.83 bits per heavy atom. The zero-order valence-electron chi connectivity index (χ0n) is 15.3. The van der Waals surface area contributed by atoms with Gasteiger partial charge in [0.25, 0.3) is 0 Å². The van der Waals surface area contributed by atoms with E-state index in [0.717, 1.165) is 46.4 Å². The summed E-state index contributed by atoms with van der Waals surface area (Å²) < 4.78 is 38.7. The Hall–Kier alpha value is -2.86. The molecular formula is C22H17ClF3N3. The third-order valence-electron chi connectivity index (χ3n) is 4.84. The molecule has 0 spiro atoms. The number of aryl methyl sites for hydroxylation is 2. The average molecular weight is 416 g/mol. The number of alkyl halides is 3. The second-order valence-corrected chi connectivity index (χ2v) is 7.26. The monoisotopic (exact) mass is 415 g/mol. The van der Waals surface area contributed by atoms with Gasteiger partial charge in [-0.15, -0.1) is 0 Å². The first kappa shape index (κ1) is 19.5. The molecule has 29 heavy (non-hydrogen) atoms. The van der Waals surface area contributed by atoms with Gasteiger partial charge in [-0.25, -0.2) is 4.98 Å². The van der Waals surface area contributed by atoms with Crippen LogP contribution in [0.4, 0.5) is 13.2 Å². The predicted octanol–water partition coefficient (Wildman–Crippen LogP) is 6.01. The molecule has 0 aliphatic heterocycles. The summed E-state index contributed by atoms with van der Waals surface area (Å²) in [5, 5.41) is 1.42. The molecule has 1 aromatic carbocycles. The van der Waals surface area contributed by atoms with Gasteiger partial charge in [0.1, 0.15) is 5.65 Å². The number of H-pyrrole nitrogens is 1. The maximum Gasteiger partial charge on any atom is 0.416 e. The van der Waals surface area contributed by atoms with Crippen LogP contribution in [0, 0.1) is 0 Å². The van der Waals surface area contributed by atoms with Crippen LogP contribution in [0.1, 0.15) is 27.9 Å². The fourth-order valence-corrected chi connectivity index (χ4v) is 3.50. The first-order chi connectivity index (χ1) is 13.9. The standard InChI is InChI=1S/C22H17ClF3N3/c23-20-8-5-17(22(24,25)26)11-15(20)4-7-18-6-3-14(12-28-18)10-16-13-29-21-19(16)2-1-9-27-21/h1-3,5-6,8-9,11-13H,4,7,10H2,(H,27,29). The van der Waals surface area contributed by atoms with Crippen LogP contribution in [0.5, 0.6) is 0 Å². The van der Waals surface area contributed by atoms with E-state index in [-0.39, 0.29) is 0 Å². The van der Waals surface area contributed by atoms with Crippen molar-refractivity contribution < 1.29 is 13.2 Å². The molecule has 3 nitrogen and oxygen atoms in total. The molecule has 4 rings (SSSR count). The van der Waals surface area contributed by atoms with E-state index in [9.17, 15) is 13.2 Å². The Kier molecular flexibility index (Phi) is 5.28. The molecule has 0 unspecified atom stereocenters. The highest BCUT2D eigenvalue weighted by Crippen LogP contribution is 2.32. The van der Waals surface area contributed by atoms with E-state index in [1.807, 2.05) is 30.5 Å². The van der Waals surface area contributed by atoms with Crippen LogP contribution in [-0.4, -0.2) is 15.0 Å². The molecule has 0 fully saturated rings. The third kappa shape index (κ3) is 4.43. The molecule has 148 valence electrons. The number of hydrogen-bond acceptors (Lipinski definition) is 2. The number of aromatic nitrogens is 3. The summed E-state index contributed by atoms with van der Waals surface area (Å²) in [5.41, 5.74) is 3.63. The lowest BCUT2D eigenvalue weighted by Gasteiger charge is -2.10. The Balaban J connectivity index is 1.44. The lowest BCUT2D eigenvalue weighted by atomic mass is 10.0. The van der Waals surface area contributed by atoms with Crippen molar-refractivity contribution in [1.82, 2.24) is 15.0 Å². The van der Waals surface area contributed by atoms with Gasteiger partial charge in [-0.05, 0) is 65.9 Å². The highest BCUT2D eigenvalue weighted by molar-refractivity contribution is 6.31. The Bertz CT molecular complexity index is 1130. The molecule has 0 aliphatic carbocycles. The molecule has 3 aromatic heterocycles. The molecule has 0 saturated carbocycles. The first-order valence-corrected chi connectivity index (χ1v) is 9.48. The van der Waals surface area contributed by atoms with Gasteiger partial charge in [-0.1, -0.05) is 17.7 Å². The van der Waals surface area contributed by atoms with Crippen LogP contribution in [-0.2, 0) is 25.4 Å². The number of pyridine rings is 2. The average Bonchev–Trinajstić information content (AvgIpc) is 3.10. The lowest BCUT2D eigenvalue weighted by molar-refractivity contribution is -0.137. The van der Waals surface area contributed by atoms with Crippen molar-refractivity contribution in [2.45, 2.75) is 25.4 Å². The summed E-state index contributed by atoms with van der Waals surface area (Å²) in [4.78, 5) is 11.9. The van der Waals surface area contributed by atoms with E-state index >= 15 is 0 Å². The van der Waals surface area contributed by atoms with Gasteiger partial charge >= 0.3 is 6.18 Å². The second-order valence-electron chi connectivity index (χ2n) is 6.85. The minimum atomic E-state index is -4.38. The number of nitrogens with one attached hydrogen (secondary N) is 1. The van der Waals surface area contributed by atoms with E-state index in [4.69, 9.17) is 11.6 Å². The number of hydrogen-bond donors (Lipinski definition) is 1. The number of nitrogens with zero attached hydrogens (tertiary/aromatic N) is 2. The van der Waals surface area contributed by atoms with Gasteiger partial charge in [0, 0.05) is 41.1 Å². The van der Waals surface area contributed by atoms with Gasteiger partial charge in [0.15, 0.2) is 0 Å². The maximum absolute atomic E-state index is 12.9. The van der Waals surface area contributed by atoms with E-state index in [2.05, 4.69) is 15.0 Å². The number of benzene rings is 1. The van der Waals surface area contributed by atoms with Crippen LogP contribution in [0.25, 0.3) is 11.0 Å². The van der Waals surface area contributed by atoms with Crippen molar-refractivity contribution in [2.75, 3.05) is 0 Å². The highest BCUT2D eigenvalue weighted by atomic mass is 35.5. The Morgan fingerprint density at radius 3 is 2.59 bits per heavy atom. The van der Waals surface area contributed by atoms with E-state index in [1.165, 1.54) is 6.07 Å². The fraction of sp³-hybridized carbons (Fsp3) is 0.182. The topological polar surface area (TPSA) is 41.6 Å². The number of fused-ring (bicyclic) bond motifs is 1. The van der Waals surface area contributed by atoms with Gasteiger partial charge in [0.2, 0.25) is 0 Å². The maximum atomic E-state index is 12.9. The molecule has 0 atom stereocenters. The lowest BCUT2D eigenvalue weighted by Crippen LogP contribution is -2.06. The molecule has 0 radical (unpaired) electrons. The van der Waals surface area contributed by atoms with Crippen LogP contribution in [0.15, 0.2) is 61.1 Å². The van der Waals surface area contributed by atoms with E-state index < -0.39 is 11.7 Å². The minimum Gasteiger partial charge on any atom is -0.346 e. The summed E-state index contributed by atoms with van der Waals surface area (Å²) in [6.45, 7) is 0. The van der Waals surface area contributed by atoms with Crippen LogP contribution >= 0.6 is 11.6 Å². The van der Waals surface area contributed by atoms with Crippen LogP contribution in [0.2, 0.25) is 5.02 Å². The zero-order chi connectivity index (χ0) is 20.4. The number of halogens is 4. The van der Waals surface area contributed by atoms with Crippen molar-refractivity contribution in [1.29, 1.82) is 0 Å². The van der Waals surface area contributed by atoms with E-state index in [1.54, 1.807) is 12.4 Å². The Morgan fingerprint density at radius 1 is 0.966 bits per heavy atom. The third-order valence-corrected chi connectivity index (χ3v) is 5.21. The van der Waals surface area contributed by atoms with E-state index in [0.29, 0.717) is 23.4 Å². The van der Waals surface area contributed by atoms with Gasteiger partial charge in [-0.3, -0.25) is 4.98 Å². The summed E-state index contributed by atoms with van der Waals surface area (Å²) in [7, 11) is 0. The minimum absolute atomic E-state index is 0.336.